The van der Waals surface area contributed by atoms with E-state index < -0.39 is 0 Å². The minimum Gasteiger partial charge on any atom is -0.377 e. The number of hydrogen-bond donors (Lipinski definition) is 1. The molecule has 1 N–H and O–H groups in total. The van der Waals surface area contributed by atoms with E-state index in [-0.39, 0.29) is 16.7 Å². The molecule has 1 fully saturated rings. The van der Waals surface area contributed by atoms with E-state index in [1.165, 1.54) is 6.07 Å². The van der Waals surface area contributed by atoms with Crippen molar-refractivity contribution >= 4 is 11.4 Å². The summed E-state index contributed by atoms with van der Waals surface area (Å²) in [5.74, 6) is 0. The number of nitro groups is 1. The quantitative estimate of drug-likeness (QED) is 0.644. The first-order valence-corrected chi connectivity index (χ1v) is 5.78. The van der Waals surface area contributed by atoms with Crippen molar-refractivity contribution in [3.05, 3.63) is 33.9 Å². The smallest absolute Gasteiger partial charge is 0.292 e. The van der Waals surface area contributed by atoms with Crippen molar-refractivity contribution in [1.29, 1.82) is 0 Å². The molecule has 0 amide bonds. The zero-order valence-corrected chi connectivity index (χ0v) is 9.81. The molecule has 1 heterocycles. The summed E-state index contributed by atoms with van der Waals surface area (Å²) in [5.41, 5.74) is 1.62. The zero-order chi connectivity index (χ0) is 12.3. The van der Waals surface area contributed by atoms with Gasteiger partial charge >= 0.3 is 0 Å². The number of aryl methyl sites for hydroxylation is 1. The van der Waals surface area contributed by atoms with Crippen LogP contribution in [0.4, 0.5) is 11.4 Å². The third-order valence-corrected chi connectivity index (χ3v) is 2.98. The highest BCUT2D eigenvalue weighted by atomic mass is 16.6. The summed E-state index contributed by atoms with van der Waals surface area (Å²) < 4.78 is 5.48. The van der Waals surface area contributed by atoms with Gasteiger partial charge in [-0.25, -0.2) is 0 Å². The van der Waals surface area contributed by atoms with Crippen LogP contribution >= 0.6 is 0 Å². The molecule has 0 bridgehead atoms. The van der Waals surface area contributed by atoms with E-state index in [9.17, 15) is 10.1 Å². The fourth-order valence-corrected chi connectivity index (χ4v) is 2.06. The van der Waals surface area contributed by atoms with E-state index in [1.54, 1.807) is 6.07 Å². The second-order valence-electron chi connectivity index (χ2n) is 4.24. The van der Waals surface area contributed by atoms with Crippen LogP contribution in [-0.2, 0) is 4.74 Å². The summed E-state index contributed by atoms with van der Waals surface area (Å²) in [6.07, 6.45) is 2.27. The first kappa shape index (κ1) is 11.9. The molecule has 1 saturated heterocycles. The van der Waals surface area contributed by atoms with Gasteiger partial charge in [-0.05, 0) is 25.3 Å². The number of nitrogens with zero attached hydrogens (tertiary/aromatic N) is 1. The fraction of sp³-hybridized carbons (Fsp3) is 0.500. The lowest BCUT2D eigenvalue weighted by atomic mass is 10.1. The normalized spacial score (nSPS) is 19.2. The average Bonchev–Trinajstić information content (AvgIpc) is 2.80. The van der Waals surface area contributed by atoms with Crippen LogP contribution in [0.2, 0.25) is 0 Å². The highest BCUT2D eigenvalue weighted by Crippen LogP contribution is 2.28. The molecular weight excluding hydrogens is 220 g/mol. The largest absolute Gasteiger partial charge is 0.377 e. The molecule has 0 radical (unpaired) electrons. The number of anilines is 1. The minimum absolute atomic E-state index is 0.128. The average molecular weight is 236 g/mol. The van der Waals surface area contributed by atoms with Gasteiger partial charge in [0.05, 0.1) is 11.0 Å². The van der Waals surface area contributed by atoms with Crippen LogP contribution in [0, 0.1) is 17.0 Å². The Morgan fingerprint density at radius 2 is 2.41 bits per heavy atom. The lowest BCUT2D eigenvalue weighted by Gasteiger charge is -2.13. The van der Waals surface area contributed by atoms with E-state index in [1.807, 2.05) is 13.0 Å². The predicted octanol–water partition coefficient (Wildman–Crippen LogP) is 2.49. The molecule has 17 heavy (non-hydrogen) atoms. The molecule has 1 aliphatic heterocycles. The number of ether oxygens (including phenoxy) is 1. The molecule has 1 atom stereocenters. The molecule has 0 saturated carbocycles. The third kappa shape index (κ3) is 2.74. The lowest BCUT2D eigenvalue weighted by Crippen LogP contribution is -2.19. The molecule has 5 nitrogen and oxygen atoms in total. The van der Waals surface area contributed by atoms with Crippen LogP contribution in [0.15, 0.2) is 18.2 Å². The number of nitrogens with one attached hydrogen (secondary N) is 1. The summed E-state index contributed by atoms with van der Waals surface area (Å²) in [7, 11) is 0. The van der Waals surface area contributed by atoms with Gasteiger partial charge in [-0.15, -0.1) is 0 Å². The van der Waals surface area contributed by atoms with Crippen LogP contribution in [-0.4, -0.2) is 24.2 Å². The first-order chi connectivity index (χ1) is 8.18. The molecule has 1 aromatic rings. The summed E-state index contributed by atoms with van der Waals surface area (Å²) in [5, 5.41) is 14.0. The molecule has 2 rings (SSSR count). The number of rotatable bonds is 4. The van der Waals surface area contributed by atoms with Gasteiger partial charge in [0.2, 0.25) is 0 Å². The van der Waals surface area contributed by atoms with Gasteiger partial charge in [-0.2, -0.15) is 0 Å². The Morgan fingerprint density at radius 1 is 1.59 bits per heavy atom. The van der Waals surface area contributed by atoms with Crippen LogP contribution in [0.5, 0.6) is 0 Å². The monoisotopic (exact) mass is 236 g/mol. The topological polar surface area (TPSA) is 64.4 Å². The molecule has 5 heteroatoms. The van der Waals surface area contributed by atoms with E-state index in [2.05, 4.69) is 5.32 Å². The van der Waals surface area contributed by atoms with E-state index in [0.29, 0.717) is 12.2 Å². The summed E-state index contributed by atoms with van der Waals surface area (Å²) >= 11 is 0. The molecule has 0 aromatic heterocycles. The Morgan fingerprint density at radius 3 is 3.06 bits per heavy atom. The van der Waals surface area contributed by atoms with Crippen LogP contribution in [0.1, 0.15) is 18.4 Å². The molecule has 1 unspecified atom stereocenters. The van der Waals surface area contributed by atoms with Crippen molar-refractivity contribution in [2.45, 2.75) is 25.9 Å². The van der Waals surface area contributed by atoms with Crippen LogP contribution in [0.3, 0.4) is 0 Å². The Balaban J connectivity index is 2.10. The van der Waals surface area contributed by atoms with Crippen molar-refractivity contribution in [3.8, 4) is 0 Å². The van der Waals surface area contributed by atoms with Gasteiger partial charge in [0, 0.05) is 19.2 Å². The number of nitro benzene ring substituents is 1. The molecule has 1 aliphatic rings. The first-order valence-electron chi connectivity index (χ1n) is 5.78. The van der Waals surface area contributed by atoms with E-state index in [0.717, 1.165) is 25.0 Å². The zero-order valence-electron chi connectivity index (χ0n) is 9.81. The van der Waals surface area contributed by atoms with Crippen molar-refractivity contribution in [2.75, 3.05) is 18.5 Å². The lowest BCUT2D eigenvalue weighted by molar-refractivity contribution is -0.384. The number of benzene rings is 1. The van der Waals surface area contributed by atoms with E-state index in [4.69, 9.17) is 4.74 Å². The van der Waals surface area contributed by atoms with Crippen molar-refractivity contribution in [2.24, 2.45) is 0 Å². The Bertz CT molecular complexity index is 414. The molecular formula is C12H16N2O3. The molecule has 0 aliphatic carbocycles. The third-order valence-electron chi connectivity index (χ3n) is 2.98. The Labute approximate surface area is 99.9 Å². The van der Waals surface area contributed by atoms with Gasteiger partial charge in [0.15, 0.2) is 0 Å². The van der Waals surface area contributed by atoms with E-state index >= 15 is 0 Å². The SMILES string of the molecule is Cc1cccc([N+](=O)[O-])c1NCC1CCCO1. The van der Waals surface area contributed by atoms with Crippen molar-refractivity contribution in [3.63, 3.8) is 0 Å². The molecule has 0 spiro atoms. The van der Waals surface area contributed by atoms with Crippen molar-refractivity contribution in [1.82, 2.24) is 0 Å². The number of hydrogen-bond acceptors (Lipinski definition) is 4. The highest BCUT2D eigenvalue weighted by molar-refractivity contribution is 5.65. The van der Waals surface area contributed by atoms with Gasteiger partial charge in [0.25, 0.3) is 5.69 Å². The standard InChI is InChI=1S/C12H16N2O3/c1-9-4-2-6-11(14(15)16)12(9)13-8-10-5-3-7-17-10/h2,4,6,10,13H,3,5,7-8H2,1H3. The van der Waals surface area contributed by atoms with Gasteiger partial charge in [-0.3, -0.25) is 10.1 Å². The number of para-hydroxylation sites is 1. The van der Waals surface area contributed by atoms with Crippen LogP contribution in [0.25, 0.3) is 0 Å². The maximum atomic E-state index is 10.9. The minimum atomic E-state index is -0.356. The molecule has 1 aromatic carbocycles. The maximum Gasteiger partial charge on any atom is 0.292 e. The fourth-order valence-electron chi connectivity index (χ4n) is 2.06. The Hall–Kier alpha value is -1.62. The van der Waals surface area contributed by atoms with Gasteiger partial charge < -0.3 is 10.1 Å². The summed E-state index contributed by atoms with van der Waals surface area (Å²) in [6.45, 7) is 3.29. The summed E-state index contributed by atoms with van der Waals surface area (Å²) in [6, 6.07) is 5.08. The second-order valence-corrected chi connectivity index (χ2v) is 4.24. The van der Waals surface area contributed by atoms with Gasteiger partial charge in [-0.1, -0.05) is 12.1 Å². The second kappa shape index (κ2) is 5.14. The maximum absolute atomic E-state index is 10.9. The highest BCUT2D eigenvalue weighted by Gasteiger charge is 2.19. The van der Waals surface area contributed by atoms with Gasteiger partial charge in [0.1, 0.15) is 5.69 Å². The molecule has 92 valence electrons. The van der Waals surface area contributed by atoms with Crippen LogP contribution < -0.4 is 5.32 Å². The summed E-state index contributed by atoms with van der Waals surface area (Å²) in [4.78, 5) is 10.5. The van der Waals surface area contributed by atoms with Crippen molar-refractivity contribution < 1.29 is 9.66 Å². The predicted molar refractivity (Wildman–Crippen MR) is 65.3 cm³/mol. The Kier molecular flexibility index (Phi) is 3.58.